The highest BCUT2D eigenvalue weighted by Gasteiger charge is 2.30. The molecule has 12 heteroatoms. The van der Waals surface area contributed by atoms with Gasteiger partial charge >= 0.3 is 6.18 Å². The number of aryl methyl sites for hydroxylation is 1. The van der Waals surface area contributed by atoms with Gasteiger partial charge in [0.25, 0.3) is 0 Å². The second-order valence-corrected chi connectivity index (χ2v) is 11.2. The number of nitrogens with zero attached hydrogens (tertiary/aromatic N) is 2. The fraction of sp³-hybridized carbons (Fsp3) is 0.452. The number of halogens is 4. The Morgan fingerprint density at radius 1 is 0.953 bits per heavy atom. The van der Waals surface area contributed by atoms with Crippen LogP contribution in [0.5, 0.6) is 0 Å². The Labute approximate surface area is 249 Å². The van der Waals surface area contributed by atoms with Crippen molar-refractivity contribution in [2.24, 2.45) is 17.2 Å². The van der Waals surface area contributed by atoms with Crippen LogP contribution in [0, 0.1) is 5.82 Å². The molecule has 0 bridgehead atoms. The molecule has 7 N–H and O–H groups in total. The molecule has 3 aromatic rings. The monoisotopic (exact) mass is 605 g/mol. The smallest absolute Gasteiger partial charge is 0.345 e. The molecule has 1 amide bonds. The number of ketones is 1. The molecule has 0 fully saturated rings. The fourth-order valence-corrected chi connectivity index (χ4v) is 5.12. The van der Waals surface area contributed by atoms with Gasteiger partial charge in [-0.15, -0.1) is 0 Å². The van der Waals surface area contributed by atoms with E-state index in [4.69, 9.17) is 17.2 Å². The highest BCUT2D eigenvalue weighted by Crippen LogP contribution is 2.29. The van der Waals surface area contributed by atoms with Crippen molar-refractivity contribution in [2.45, 2.75) is 50.4 Å². The van der Waals surface area contributed by atoms with Gasteiger partial charge in [-0.3, -0.25) is 14.6 Å². The van der Waals surface area contributed by atoms with Gasteiger partial charge in [0, 0.05) is 31.1 Å². The van der Waals surface area contributed by atoms with Crippen LogP contribution < -0.4 is 22.5 Å². The number of carbonyl (C=O) groups is 2. The molecule has 0 saturated heterocycles. The summed E-state index contributed by atoms with van der Waals surface area (Å²) >= 11 is 0. The number of alkyl halides is 3. The summed E-state index contributed by atoms with van der Waals surface area (Å²) in [5.74, 6) is -1.24. The van der Waals surface area contributed by atoms with Crippen molar-refractivity contribution in [2.75, 3.05) is 39.8 Å². The number of hydrogen-bond acceptors (Lipinski definition) is 6. The summed E-state index contributed by atoms with van der Waals surface area (Å²) < 4.78 is 53.3. The SMILES string of the molecule is C[N+](CCN)(CCN)CCC[C@H](N)C(=O)N[C@H](CCc1ccc(C(F)(F)F)cc1)C(=O)Cc1cnc2ccc(F)cc2c1. The van der Waals surface area contributed by atoms with Crippen molar-refractivity contribution < 1.29 is 31.6 Å². The molecular formula is C31H41F4N6O2+. The van der Waals surface area contributed by atoms with E-state index in [1.165, 1.54) is 36.5 Å². The number of Topliss-reactive ketones (excluding diaryl/α,β-unsaturated/α-hetero) is 1. The van der Waals surface area contributed by atoms with Crippen LogP contribution >= 0.6 is 0 Å². The highest BCUT2D eigenvalue weighted by atomic mass is 19.4. The van der Waals surface area contributed by atoms with Gasteiger partial charge in [-0.1, -0.05) is 12.1 Å². The minimum absolute atomic E-state index is 0.0827. The van der Waals surface area contributed by atoms with Crippen molar-refractivity contribution in [1.29, 1.82) is 0 Å². The summed E-state index contributed by atoms with van der Waals surface area (Å²) in [7, 11) is 2.05. The number of amides is 1. The fourth-order valence-electron chi connectivity index (χ4n) is 5.12. The van der Waals surface area contributed by atoms with Crippen LogP contribution in [0.15, 0.2) is 54.7 Å². The molecule has 234 valence electrons. The molecule has 8 nitrogen and oxygen atoms in total. The number of likely N-dealkylation sites (N-methyl/N-ethyl adjacent to an activating group) is 1. The lowest BCUT2D eigenvalue weighted by Crippen LogP contribution is -2.52. The van der Waals surface area contributed by atoms with E-state index in [-0.39, 0.29) is 25.0 Å². The number of pyridine rings is 1. The lowest BCUT2D eigenvalue weighted by Gasteiger charge is -2.34. The van der Waals surface area contributed by atoms with E-state index in [1.54, 1.807) is 6.07 Å². The molecule has 3 rings (SSSR count). The van der Waals surface area contributed by atoms with Gasteiger partial charge < -0.3 is 27.0 Å². The summed E-state index contributed by atoms with van der Waals surface area (Å²) in [5.41, 5.74) is 18.6. The Morgan fingerprint density at radius 2 is 1.63 bits per heavy atom. The maximum atomic E-state index is 13.7. The Bertz CT molecular complexity index is 1360. The predicted molar refractivity (Wildman–Crippen MR) is 158 cm³/mol. The second kappa shape index (κ2) is 15.3. The van der Waals surface area contributed by atoms with Gasteiger partial charge in [-0.2, -0.15) is 13.2 Å². The van der Waals surface area contributed by atoms with Crippen molar-refractivity contribution >= 4 is 22.6 Å². The van der Waals surface area contributed by atoms with Gasteiger partial charge in [0.05, 0.1) is 49.8 Å². The van der Waals surface area contributed by atoms with Gasteiger partial charge in [-0.25, -0.2) is 4.39 Å². The molecule has 1 heterocycles. The van der Waals surface area contributed by atoms with Gasteiger partial charge in [0.1, 0.15) is 5.82 Å². The maximum absolute atomic E-state index is 13.7. The first-order valence-corrected chi connectivity index (χ1v) is 14.4. The van der Waals surface area contributed by atoms with E-state index < -0.39 is 35.5 Å². The average molecular weight is 606 g/mol. The van der Waals surface area contributed by atoms with Gasteiger partial charge in [0.2, 0.25) is 5.91 Å². The van der Waals surface area contributed by atoms with Gasteiger partial charge in [-0.05, 0) is 73.2 Å². The quantitative estimate of drug-likeness (QED) is 0.146. The van der Waals surface area contributed by atoms with Crippen molar-refractivity contribution in [3.63, 3.8) is 0 Å². The van der Waals surface area contributed by atoms with E-state index in [0.717, 1.165) is 31.8 Å². The molecule has 0 saturated carbocycles. The zero-order chi connectivity index (χ0) is 31.6. The number of aromatic nitrogens is 1. The van der Waals surface area contributed by atoms with Crippen LogP contribution in [0.3, 0.4) is 0 Å². The number of fused-ring (bicyclic) bond motifs is 1. The molecule has 43 heavy (non-hydrogen) atoms. The number of rotatable bonds is 16. The number of quaternary nitrogens is 1. The Kier molecular flexibility index (Phi) is 12.1. The number of benzene rings is 2. The third kappa shape index (κ3) is 10.3. The van der Waals surface area contributed by atoms with E-state index in [9.17, 15) is 27.2 Å². The third-order valence-electron chi connectivity index (χ3n) is 7.67. The predicted octanol–water partition coefficient (Wildman–Crippen LogP) is 3.09. The van der Waals surface area contributed by atoms with Crippen LogP contribution in [0.2, 0.25) is 0 Å². The maximum Gasteiger partial charge on any atom is 0.416 e. The van der Waals surface area contributed by atoms with Crippen molar-refractivity contribution in [3.8, 4) is 0 Å². The van der Waals surface area contributed by atoms with Crippen LogP contribution in [0.4, 0.5) is 17.6 Å². The normalized spacial score (nSPS) is 13.6. The molecule has 0 unspecified atom stereocenters. The molecule has 0 aliphatic heterocycles. The van der Waals surface area contributed by atoms with E-state index in [2.05, 4.69) is 17.3 Å². The zero-order valence-corrected chi connectivity index (χ0v) is 24.4. The van der Waals surface area contributed by atoms with E-state index in [1.807, 2.05) is 0 Å². The number of hydrogen-bond donors (Lipinski definition) is 4. The first-order chi connectivity index (χ1) is 20.3. The molecule has 0 spiro atoms. The number of nitrogens with two attached hydrogens (primary N) is 3. The summed E-state index contributed by atoms with van der Waals surface area (Å²) in [6.45, 7) is 3.24. The topological polar surface area (TPSA) is 137 Å². The first-order valence-electron chi connectivity index (χ1n) is 14.4. The summed E-state index contributed by atoms with van der Waals surface area (Å²) in [6.07, 6.45) is -1.58. The first kappa shape index (κ1) is 34.0. The minimum atomic E-state index is -4.46. The largest absolute Gasteiger partial charge is 0.416 e. The third-order valence-corrected chi connectivity index (χ3v) is 7.67. The van der Waals surface area contributed by atoms with Crippen molar-refractivity contribution in [1.82, 2.24) is 10.3 Å². The molecule has 0 aliphatic rings. The molecule has 0 aliphatic carbocycles. The lowest BCUT2D eigenvalue weighted by molar-refractivity contribution is -0.907. The number of nitrogens with one attached hydrogen (secondary N) is 1. The van der Waals surface area contributed by atoms with Crippen LogP contribution in [-0.4, -0.2) is 73.0 Å². The van der Waals surface area contributed by atoms with Gasteiger partial charge in [0.15, 0.2) is 5.78 Å². The molecule has 2 aromatic carbocycles. The lowest BCUT2D eigenvalue weighted by atomic mass is 9.97. The van der Waals surface area contributed by atoms with Crippen LogP contribution in [-0.2, 0) is 28.6 Å². The second-order valence-electron chi connectivity index (χ2n) is 11.2. The van der Waals surface area contributed by atoms with E-state index in [0.29, 0.717) is 52.4 Å². The minimum Gasteiger partial charge on any atom is -0.345 e. The average Bonchev–Trinajstić information content (AvgIpc) is 2.94. The Balaban J connectivity index is 1.70. The standard InChI is InChI=1S/C31H40F4N6O2/c1-41(15-12-36,16-13-37)14-2-3-26(38)30(43)40-28(10-6-21-4-7-24(8-5-21)31(33,34)35)29(42)18-22-17-23-19-25(32)9-11-27(23)39-20-22/h4-5,7-9,11,17,19-20,26,28H,2-3,6,10,12-16,18,36-38H2,1H3/p+1/t26-,28+/m0/s1. The molecule has 0 radical (unpaired) electrons. The molecule has 1 aromatic heterocycles. The highest BCUT2D eigenvalue weighted by molar-refractivity contribution is 5.92. The molecular weight excluding hydrogens is 564 g/mol. The number of carbonyl (C=O) groups excluding carboxylic acids is 2. The summed E-state index contributed by atoms with van der Waals surface area (Å²) in [5, 5.41) is 3.30. The van der Waals surface area contributed by atoms with Crippen molar-refractivity contribution in [3.05, 3.63) is 77.2 Å². The van der Waals surface area contributed by atoms with Crippen LogP contribution in [0.1, 0.15) is 36.0 Å². The summed E-state index contributed by atoms with van der Waals surface area (Å²) in [6, 6.07) is 8.71. The Hall–Kier alpha value is -3.45. The molecule has 2 atom stereocenters. The van der Waals surface area contributed by atoms with E-state index >= 15 is 0 Å². The van der Waals surface area contributed by atoms with Crippen LogP contribution in [0.25, 0.3) is 10.9 Å². The summed E-state index contributed by atoms with van der Waals surface area (Å²) in [4.78, 5) is 30.8. The Morgan fingerprint density at radius 3 is 2.26 bits per heavy atom. The zero-order valence-electron chi connectivity index (χ0n) is 24.4.